The molecule has 4 nitrogen and oxygen atoms in total. The summed E-state index contributed by atoms with van der Waals surface area (Å²) in [6.45, 7) is 0.825. The second-order valence-corrected chi connectivity index (χ2v) is 6.11. The van der Waals surface area contributed by atoms with Gasteiger partial charge in [-0.05, 0) is 29.1 Å². The highest BCUT2D eigenvalue weighted by atomic mass is 35.5. The van der Waals surface area contributed by atoms with E-state index in [-0.39, 0.29) is 18.2 Å². The smallest absolute Gasteiger partial charge is 0.252 e. The fraction of sp³-hybridized carbons (Fsp3) is 0.250. The van der Waals surface area contributed by atoms with Crippen molar-refractivity contribution in [3.05, 3.63) is 57.2 Å². The zero-order valence-corrected chi connectivity index (χ0v) is 13.8. The van der Waals surface area contributed by atoms with Crippen molar-refractivity contribution in [2.75, 3.05) is 13.6 Å². The molecular formula is C16H17ClN2O2S. The largest absolute Gasteiger partial charge is 0.351 e. The number of carbonyl (C=O) groups is 2. The molecule has 0 atom stereocenters. The van der Waals surface area contributed by atoms with Gasteiger partial charge in [0.1, 0.15) is 0 Å². The van der Waals surface area contributed by atoms with Crippen molar-refractivity contribution < 1.29 is 9.59 Å². The summed E-state index contributed by atoms with van der Waals surface area (Å²) in [5.41, 5.74) is 1.61. The molecule has 0 spiro atoms. The molecule has 0 unspecified atom stereocenters. The first-order valence-electron chi connectivity index (χ1n) is 6.85. The highest BCUT2D eigenvalue weighted by molar-refractivity contribution is 7.08. The molecule has 1 aromatic carbocycles. The Morgan fingerprint density at radius 1 is 1.32 bits per heavy atom. The van der Waals surface area contributed by atoms with Crippen LogP contribution in [0.5, 0.6) is 0 Å². The van der Waals surface area contributed by atoms with Gasteiger partial charge in [0.2, 0.25) is 5.91 Å². The van der Waals surface area contributed by atoms with Gasteiger partial charge in [0, 0.05) is 42.5 Å². The number of thiophene rings is 1. The van der Waals surface area contributed by atoms with Crippen LogP contribution in [-0.2, 0) is 11.3 Å². The number of nitrogens with zero attached hydrogens (tertiary/aromatic N) is 1. The molecule has 0 aliphatic carbocycles. The van der Waals surface area contributed by atoms with Gasteiger partial charge in [-0.15, -0.1) is 0 Å². The van der Waals surface area contributed by atoms with Crippen LogP contribution in [0.25, 0.3) is 0 Å². The van der Waals surface area contributed by atoms with E-state index in [0.717, 1.165) is 5.56 Å². The number of hydrogen-bond donors (Lipinski definition) is 1. The summed E-state index contributed by atoms with van der Waals surface area (Å²) in [7, 11) is 1.74. The molecule has 0 aliphatic heterocycles. The fourth-order valence-electron chi connectivity index (χ4n) is 1.97. The molecule has 1 heterocycles. The lowest BCUT2D eigenvalue weighted by Crippen LogP contribution is -2.31. The molecule has 0 aliphatic rings. The number of amides is 2. The van der Waals surface area contributed by atoms with Crippen LogP contribution in [0.2, 0.25) is 5.02 Å². The number of rotatable bonds is 6. The standard InChI is InChI=1S/C16H17ClN2O2S/c1-19(10-12-3-2-4-14(17)9-12)15(20)5-7-18-16(21)13-6-8-22-11-13/h2-4,6,8-9,11H,5,7,10H2,1H3,(H,18,21). The number of nitrogens with one attached hydrogen (secondary N) is 1. The van der Waals surface area contributed by atoms with Gasteiger partial charge in [-0.1, -0.05) is 23.7 Å². The Bertz CT molecular complexity index is 643. The number of hydrogen-bond acceptors (Lipinski definition) is 3. The van der Waals surface area contributed by atoms with Crippen molar-refractivity contribution in [1.29, 1.82) is 0 Å². The second-order valence-electron chi connectivity index (χ2n) is 4.90. The predicted molar refractivity (Wildman–Crippen MR) is 89.2 cm³/mol. The third-order valence-corrected chi connectivity index (χ3v) is 4.06. The molecule has 0 radical (unpaired) electrons. The molecule has 1 N–H and O–H groups in total. The molecule has 0 fully saturated rings. The van der Waals surface area contributed by atoms with Gasteiger partial charge in [-0.25, -0.2) is 0 Å². The first-order chi connectivity index (χ1) is 10.6. The minimum atomic E-state index is -0.147. The maximum atomic E-state index is 12.0. The van der Waals surface area contributed by atoms with Crippen LogP contribution in [0.15, 0.2) is 41.1 Å². The minimum absolute atomic E-state index is 0.0226. The Morgan fingerprint density at radius 3 is 2.82 bits per heavy atom. The van der Waals surface area contributed by atoms with Gasteiger partial charge in [0.15, 0.2) is 0 Å². The van der Waals surface area contributed by atoms with Gasteiger partial charge in [-0.2, -0.15) is 11.3 Å². The molecule has 0 bridgehead atoms. The van der Waals surface area contributed by atoms with Crippen molar-refractivity contribution in [3.8, 4) is 0 Å². The molecule has 0 saturated heterocycles. The molecule has 22 heavy (non-hydrogen) atoms. The van der Waals surface area contributed by atoms with Crippen molar-refractivity contribution in [1.82, 2.24) is 10.2 Å². The number of carbonyl (C=O) groups excluding carboxylic acids is 2. The van der Waals surface area contributed by atoms with Crippen LogP contribution in [0.4, 0.5) is 0 Å². The van der Waals surface area contributed by atoms with Crippen molar-refractivity contribution in [2.45, 2.75) is 13.0 Å². The average Bonchev–Trinajstić information content (AvgIpc) is 3.01. The van der Waals surface area contributed by atoms with E-state index in [1.54, 1.807) is 29.5 Å². The molecule has 116 valence electrons. The van der Waals surface area contributed by atoms with E-state index in [1.807, 2.05) is 23.6 Å². The van der Waals surface area contributed by atoms with Crippen LogP contribution in [0, 0.1) is 0 Å². The average molecular weight is 337 g/mol. The second kappa shape index (κ2) is 7.96. The Morgan fingerprint density at radius 2 is 2.14 bits per heavy atom. The Hall–Kier alpha value is -1.85. The number of halogens is 1. The van der Waals surface area contributed by atoms with Crippen LogP contribution >= 0.6 is 22.9 Å². The topological polar surface area (TPSA) is 49.4 Å². The summed E-state index contributed by atoms with van der Waals surface area (Å²) in [4.78, 5) is 25.4. The summed E-state index contributed by atoms with van der Waals surface area (Å²) in [5.74, 6) is -0.169. The molecule has 6 heteroatoms. The summed E-state index contributed by atoms with van der Waals surface area (Å²) < 4.78 is 0. The third-order valence-electron chi connectivity index (χ3n) is 3.14. The zero-order valence-electron chi connectivity index (χ0n) is 12.2. The number of benzene rings is 1. The molecular weight excluding hydrogens is 320 g/mol. The van der Waals surface area contributed by atoms with Crippen LogP contribution in [-0.4, -0.2) is 30.3 Å². The Kier molecular flexibility index (Phi) is 5.98. The maximum absolute atomic E-state index is 12.0. The predicted octanol–water partition coefficient (Wildman–Crippen LogP) is 3.18. The summed E-state index contributed by atoms with van der Waals surface area (Å²) in [6.07, 6.45) is 0.271. The van der Waals surface area contributed by atoms with E-state index in [4.69, 9.17) is 11.6 Å². The van der Waals surface area contributed by atoms with E-state index in [0.29, 0.717) is 23.7 Å². The highest BCUT2D eigenvalue weighted by Crippen LogP contribution is 2.12. The monoisotopic (exact) mass is 336 g/mol. The molecule has 0 saturated carbocycles. The molecule has 2 amide bonds. The van der Waals surface area contributed by atoms with E-state index in [2.05, 4.69) is 5.32 Å². The van der Waals surface area contributed by atoms with Gasteiger partial charge in [-0.3, -0.25) is 9.59 Å². The zero-order chi connectivity index (χ0) is 15.9. The summed E-state index contributed by atoms with van der Waals surface area (Å²) in [5, 5.41) is 7.02. The van der Waals surface area contributed by atoms with E-state index in [9.17, 15) is 9.59 Å². The van der Waals surface area contributed by atoms with Crippen molar-refractivity contribution in [3.63, 3.8) is 0 Å². The minimum Gasteiger partial charge on any atom is -0.351 e. The van der Waals surface area contributed by atoms with E-state index in [1.165, 1.54) is 11.3 Å². The summed E-state index contributed by atoms with van der Waals surface area (Å²) >= 11 is 7.39. The summed E-state index contributed by atoms with van der Waals surface area (Å²) in [6, 6.07) is 9.18. The quantitative estimate of drug-likeness (QED) is 0.880. The van der Waals surface area contributed by atoms with Crippen LogP contribution in [0.3, 0.4) is 0 Å². The third kappa shape index (κ3) is 4.86. The van der Waals surface area contributed by atoms with Crippen LogP contribution < -0.4 is 5.32 Å². The lowest BCUT2D eigenvalue weighted by Gasteiger charge is -2.17. The molecule has 2 aromatic rings. The first kappa shape index (κ1) is 16.5. The first-order valence-corrected chi connectivity index (χ1v) is 8.17. The molecule has 1 aromatic heterocycles. The normalized spacial score (nSPS) is 10.3. The van der Waals surface area contributed by atoms with Gasteiger partial charge < -0.3 is 10.2 Å². The van der Waals surface area contributed by atoms with Crippen molar-refractivity contribution in [2.24, 2.45) is 0 Å². The Balaban J connectivity index is 1.76. The fourth-order valence-corrected chi connectivity index (χ4v) is 2.82. The lowest BCUT2D eigenvalue weighted by molar-refractivity contribution is -0.130. The lowest BCUT2D eigenvalue weighted by atomic mass is 10.2. The van der Waals surface area contributed by atoms with E-state index < -0.39 is 0 Å². The molecule has 2 rings (SSSR count). The van der Waals surface area contributed by atoms with Gasteiger partial charge >= 0.3 is 0 Å². The van der Waals surface area contributed by atoms with E-state index >= 15 is 0 Å². The highest BCUT2D eigenvalue weighted by Gasteiger charge is 2.11. The maximum Gasteiger partial charge on any atom is 0.252 e. The Labute approximate surface area is 138 Å². The van der Waals surface area contributed by atoms with Gasteiger partial charge in [0.05, 0.1) is 0 Å². The van der Waals surface area contributed by atoms with Crippen LogP contribution in [0.1, 0.15) is 22.3 Å². The van der Waals surface area contributed by atoms with Gasteiger partial charge in [0.25, 0.3) is 5.91 Å². The SMILES string of the molecule is CN(Cc1cccc(Cl)c1)C(=O)CCNC(=O)c1ccsc1. The van der Waals surface area contributed by atoms with Crippen molar-refractivity contribution >= 4 is 34.8 Å².